The van der Waals surface area contributed by atoms with E-state index in [4.69, 9.17) is 14.6 Å². The van der Waals surface area contributed by atoms with E-state index in [1.54, 1.807) is 56.6 Å². The molecule has 0 bridgehead atoms. The van der Waals surface area contributed by atoms with Crippen LogP contribution in [0.2, 0.25) is 0 Å². The predicted octanol–water partition coefficient (Wildman–Crippen LogP) is 2.06. The summed E-state index contributed by atoms with van der Waals surface area (Å²) >= 11 is 0. The lowest BCUT2D eigenvalue weighted by Gasteiger charge is -2.10. The van der Waals surface area contributed by atoms with Gasteiger partial charge in [0, 0.05) is 25.4 Å². The smallest absolute Gasteiger partial charge is 0.315 e. The van der Waals surface area contributed by atoms with Gasteiger partial charge in [0.1, 0.15) is 11.5 Å². The molecule has 1 aromatic heterocycles. The first-order valence-corrected chi connectivity index (χ1v) is 7.53. The first-order valence-electron chi connectivity index (χ1n) is 7.53. The van der Waals surface area contributed by atoms with Crippen molar-refractivity contribution in [3.05, 3.63) is 48.2 Å². The number of benzene rings is 1. The fraction of sp³-hybridized carbons (Fsp3) is 0.294. The molecule has 1 atom stereocenters. The summed E-state index contributed by atoms with van der Waals surface area (Å²) in [6.45, 7) is 2.13. The molecular weight excluding hydrogens is 310 g/mol. The van der Waals surface area contributed by atoms with Gasteiger partial charge in [-0.05, 0) is 42.8 Å². The van der Waals surface area contributed by atoms with Gasteiger partial charge in [-0.3, -0.25) is 0 Å². The molecule has 0 fully saturated rings. The van der Waals surface area contributed by atoms with Gasteiger partial charge in [0.05, 0.1) is 13.2 Å². The van der Waals surface area contributed by atoms with Crippen LogP contribution in [0.15, 0.2) is 42.6 Å². The van der Waals surface area contributed by atoms with Crippen molar-refractivity contribution in [1.82, 2.24) is 15.6 Å². The Labute approximate surface area is 140 Å². The van der Waals surface area contributed by atoms with Crippen molar-refractivity contribution in [3.63, 3.8) is 0 Å². The highest BCUT2D eigenvalue weighted by Gasteiger charge is 2.04. The highest BCUT2D eigenvalue weighted by molar-refractivity contribution is 5.73. The van der Waals surface area contributed by atoms with Crippen LogP contribution in [-0.2, 0) is 6.54 Å². The molecule has 0 aliphatic rings. The minimum Gasteiger partial charge on any atom is -0.497 e. The molecule has 0 spiro atoms. The normalized spacial score (nSPS) is 11.5. The number of methoxy groups -OCH3 is 1. The Kier molecular flexibility index (Phi) is 6.39. The van der Waals surface area contributed by atoms with Gasteiger partial charge in [0.15, 0.2) is 0 Å². The van der Waals surface area contributed by atoms with E-state index in [-0.39, 0.29) is 12.6 Å². The van der Waals surface area contributed by atoms with Crippen LogP contribution in [0.25, 0.3) is 0 Å². The fourth-order valence-electron chi connectivity index (χ4n) is 1.87. The standard InChI is InChI=1S/C17H21N3O4/c1-12(21)10-19-17(22)20-11-13-7-8-18-16(9-13)24-15-5-3-14(23-2)4-6-15/h3-9,12,21H,10-11H2,1-2H3,(H2,19,20,22). The second kappa shape index (κ2) is 8.73. The summed E-state index contributed by atoms with van der Waals surface area (Å²) in [7, 11) is 1.60. The van der Waals surface area contributed by atoms with E-state index >= 15 is 0 Å². The number of carbonyl (C=O) groups excluding carboxylic acids is 1. The number of aliphatic hydroxyl groups excluding tert-OH is 1. The Morgan fingerprint density at radius 1 is 1.21 bits per heavy atom. The molecule has 0 aliphatic heterocycles. The second-order valence-corrected chi connectivity index (χ2v) is 5.19. The molecule has 2 aromatic rings. The summed E-state index contributed by atoms with van der Waals surface area (Å²) < 4.78 is 10.8. The van der Waals surface area contributed by atoms with Gasteiger partial charge in [0.25, 0.3) is 0 Å². The van der Waals surface area contributed by atoms with Crippen molar-refractivity contribution in [2.45, 2.75) is 19.6 Å². The van der Waals surface area contributed by atoms with Gasteiger partial charge in [0.2, 0.25) is 5.88 Å². The van der Waals surface area contributed by atoms with E-state index in [1.807, 2.05) is 0 Å². The molecule has 0 radical (unpaired) electrons. The zero-order valence-corrected chi connectivity index (χ0v) is 13.7. The molecule has 1 unspecified atom stereocenters. The molecular formula is C17H21N3O4. The van der Waals surface area contributed by atoms with Gasteiger partial charge in [-0.15, -0.1) is 0 Å². The molecule has 2 amide bonds. The van der Waals surface area contributed by atoms with E-state index in [1.165, 1.54) is 0 Å². The molecule has 3 N–H and O–H groups in total. The molecule has 0 saturated heterocycles. The number of urea groups is 1. The van der Waals surface area contributed by atoms with E-state index < -0.39 is 6.10 Å². The van der Waals surface area contributed by atoms with Gasteiger partial charge in [-0.1, -0.05) is 0 Å². The topological polar surface area (TPSA) is 92.7 Å². The Morgan fingerprint density at radius 2 is 1.92 bits per heavy atom. The van der Waals surface area contributed by atoms with Crippen LogP contribution in [0.3, 0.4) is 0 Å². The number of hydrogen-bond donors (Lipinski definition) is 3. The number of carbonyl (C=O) groups is 1. The van der Waals surface area contributed by atoms with Crippen molar-refractivity contribution >= 4 is 6.03 Å². The van der Waals surface area contributed by atoms with E-state index in [0.717, 1.165) is 11.3 Å². The van der Waals surface area contributed by atoms with Crippen LogP contribution >= 0.6 is 0 Å². The zero-order valence-electron chi connectivity index (χ0n) is 13.7. The van der Waals surface area contributed by atoms with E-state index in [2.05, 4.69) is 15.6 Å². The van der Waals surface area contributed by atoms with E-state index in [0.29, 0.717) is 18.2 Å². The summed E-state index contributed by atoms with van der Waals surface area (Å²) in [5.41, 5.74) is 0.848. The Hall–Kier alpha value is -2.80. The molecule has 1 heterocycles. The number of amides is 2. The fourth-order valence-corrected chi connectivity index (χ4v) is 1.87. The van der Waals surface area contributed by atoms with Gasteiger partial charge < -0.3 is 25.2 Å². The largest absolute Gasteiger partial charge is 0.497 e. The van der Waals surface area contributed by atoms with Crippen LogP contribution in [0, 0.1) is 0 Å². The first-order chi connectivity index (χ1) is 11.6. The monoisotopic (exact) mass is 331 g/mol. The first kappa shape index (κ1) is 17.6. The maximum absolute atomic E-state index is 11.6. The number of nitrogens with one attached hydrogen (secondary N) is 2. The number of aromatic nitrogens is 1. The molecule has 24 heavy (non-hydrogen) atoms. The average molecular weight is 331 g/mol. The number of aliphatic hydroxyl groups is 1. The summed E-state index contributed by atoms with van der Waals surface area (Å²) in [6, 6.07) is 10.4. The van der Waals surface area contributed by atoms with Crippen molar-refractivity contribution in [2.24, 2.45) is 0 Å². The summed E-state index contributed by atoms with van der Waals surface area (Å²) in [5.74, 6) is 1.82. The van der Waals surface area contributed by atoms with Crippen molar-refractivity contribution in [2.75, 3.05) is 13.7 Å². The van der Waals surface area contributed by atoms with Crippen LogP contribution in [-0.4, -0.2) is 35.9 Å². The maximum atomic E-state index is 11.6. The number of rotatable bonds is 7. The molecule has 2 rings (SSSR count). The molecule has 0 aliphatic carbocycles. The Morgan fingerprint density at radius 3 is 2.58 bits per heavy atom. The Balaban J connectivity index is 1.89. The lowest BCUT2D eigenvalue weighted by molar-refractivity contribution is 0.187. The lowest BCUT2D eigenvalue weighted by Crippen LogP contribution is -2.38. The molecule has 7 heteroatoms. The lowest BCUT2D eigenvalue weighted by atomic mass is 10.2. The minimum atomic E-state index is -0.582. The van der Waals surface area contributed by atoms with Gasteiger partial charge >= 0.3 is 6.03 Å². The van der Waals surface area contributed by atoms with Crippen LogP contribution in [0.4, 0.5) is 4.79 Å². The third kappa shape index (κ3) is 5.77. The van der Waals surface area contributed by atoms with Crippen LogP contribution in [0.5, 0.6) is 17.4 Å². The molecule has 0 saturated carbocycles. The third-order valence-electron chi connectivity index (χ3n) is 3.09. The van der Waals surface area contributed by atoms with Crippen LogP contribution < -0.4 is 20.1 Å². The number of ether oxygens (including phenoxy) is 2. The number of hydrogen-bond acceptors (Lipinski definition) is 5. The zero-order chi connectivity index (χ0) is 17.4. The maximum Gasteiger partial charge on any atom is 0.315 e. The summed E-state index contributed by atoms with van der Waals surface area (Å²) in [4.78, 5) is 15.7. The van der Waals surface area contributed by atoms with Crippen molar-refractivity contribution < 1.29 is 19.4 Å². The van der Waals surface area contributed by atoms with E-state index in [9.17, 15) is 4.79 Å². The van der Waals surface area contributed by atoms with Crippen molar-refractivity contribution in [1.29, 1.82) is 0 Å². The van der Waals surface area contributed by atoms with Gasteiger partial charge in [-0.25, -0.2) is 9.78 Å². The summed E-state index contributed by atoms with van der Waals surface area (Å²) in [6.07, 6.45) is 1.03. The second-order valence-electron chi connectivity index (χ2n) is 5.19. The predicted molar refractivity (Wildman–Crippen MR) is 89.2 cm³/mol. The number of nitrogens with zero attached hydrogens (tertiary/aromatic N) is 1. The minimum absolute atomic E-state index is 0.202. The van der Waals surface area contributed by atoms with Gasteiger partial charge in [-0.2, -0.15) is 0 Å². The third-order valence-corrected chi connectivity index (χ3v) is 3.09. The van der Waals surface area contributed by atoms with Crippen molar-refractivity contribution in [3.8, 4) is 17.4 Å². The molecule has 1 aromatic carbocycles. The molecule has 128 valence electrons. The average Bonchev–Trinajstić information content (AvgIpc) is 2.59. The van der Waals surface area contributed by atoms with Crippen LogP contribution in [0.1, 0.15) is 12.5 Å². The number of pyridine rings is 1. The summed E-state index contributed by atoms with van der Waals surface area (Å²) in [5, 5.41) is 14.4. The Bertz CT molecular complexity index is 659. The highest BCUT2D eigenvalue weighted by Crippen LogP contribution is 2.22. The molecule has 7 nitrogen and oxygen atoms in total. The quantitative estimate of drug-likeness (QED) is 0.722. The SMILES string of the molecule is COc1ccc(Oc2cc(CNC(=O)NCC(C)O)ccn2)cc1. The highest BCUT2D eigenvalue weighted by atomic mass is 16.5.